The quantitative estimate of drug-likeness (QED) is 0.915. The van der Waals surface area contributed by atoms with Crippen LogP contribution < -0.4 is 5.32 Å². The molecule has 0 saturated carbocycles. The first-order valence-corrected chi connectivity index (χ1v) is 6.10. The van der Waals surface area contributed by atoms with Crippen LogP contribution in [0.3, 0.4) is 0 Å². The van der Waals surface area contributed by atoms with Crippen molar-refractivity contribution in [3.8, 4) is 0 Å². The number of aromatic nitrogens is 1. The van der Waals surface area contributed by atoms with Gasteiger partial charge in [0.05, 0.1) is 0 Å². The Morgan fingerprint density at radius 2 is 2.00 bits per heavy atom. The highest BCUT2D eigenvalue weighted by Crippen LogP contribution is 2.09. The summed E-state index contributed by atoms with van der Waals surface area (Å²) in [5.74, 6) is -0.502. The second-order valence-corrected chi connectivity index (χ2v) is 4.32. The molecule has 4 heteroatoms. The Bertz CT molecular complexity index is 570. The van der Waals surface area contributed by atoms with Gasteiger partial charge in [-0.1, -0.05) is 0 Å². The molecular formula is C15H15FN2O. The summed E-state index contributed by atoms with van der Waals surface area (Å²) in [6.07, 6.45) is 4.19. The predicted molar refractivity (Wildman–Crippen MR) is 71.4 cm³/mol. The first kappa shape index (κ1) is 13.2. The zero-order chi connectivity index (χ0) is 13.7. The summed E-state index contributed by atoms with van der Waals surface area (Å²) in [5, 5.41) is 2.83. The van der Waals surface area contributed by atoms with Gasteiger partial charge in [0, 0.05) is 24.5 Å². The summed E-state index contributed by atoms with van der Waals surface area (Å²) in [5.41, 5.74) is 2.27. The number of hydrogen-bond donors (Lipinski definition) is 1. The van der Waals surface area contributed by atoms with Gasteiger partial charge in [-0.2, -0.15) is 0 Å². The van der Waals surface area contributed by atoms with Crippen LogP contribution in [0.5, 0.6) is 0 Å². The van der Waals surface area contributed by atoms with Gasteiger partial charge in [-0.25, -0.2) is 4.39 Å². The van der Waals surface area contributed by atoms with Gasteiger partial charge >= 0.3 is 0 Å². The molecule has 2 aromatic rings. The molecule has 2 rings (SSSR count). The summed E-state index contributed by atoms with van der Waals surface area (Å²) in [6.45, 7) is 2.26. The number of pyridine rings is 1. The van der Waals surface area contributed by atoms with Gasteiger partial charge in [0.2, 0.25) is 0 Å². The van der Waals surface area contributed by atoms with E-state index < -0.39 is 0 Å². The van der Waals surface area contributed by atoms with Gasteiger partial charge in [0.25, 0.3) is 5.91 Å². The second kappa shape index (κ2) is 6.09. The predicted octanol–water partition coefficient (Wildman–Crippen LogP) is 2.50. The molecule has 0 fully saturated rings. The normalized spacial score (nSPS) is 10.2. The molecular weight excluding hydrogens is 243 g/mol. The molecule has 0 atom stereocenters. The number of rotatable bonds is 4. The Labute approximate surface area is 111 Å². The van der Waals surface area contributed by atoms with E-state index >= 15 is 0 Å². The molecule has 3 nitrogen and oxygen atoms in total. The van der Waals surface area contributed by atoms with E-state index in [-0.39, 0.29) is 11.7 Å². The minimum absolute atomic E-state index is 0.174. The lowest BCUT2D eigenvalue weighted by Crippen LogP contribution is -2.26. The highest BCUT2D eigenvalue weighted by atomic mass is 19.1. The van der Waals surface area contributed by atoms with E-state index in [4.69, 9.17) is 0 Å². The number of nitrogens with one attached hydrogen (secondary N) is 1. The van der Waals surface area contributed by atoms with E-state index in [0.717, 1.165) is 12.0 Å². The van der Waals surface area contributed by atoms with Crippen molar-refractivity contribution in [3.05, 3.63) is 65.2 Å². The Kier molecular flexibility index (Phi) is 4.23. The van der Waals surface area contributed by atoms with E-state index in [0.29, 0.717) is 17.7 Å². The topological polar surface area (TPSA) is 42.0 Å². The van der Waals surface area contributed by atoms with Crippen LogP contribution in [-0.2, 0) is 6.42 Å². The third kappa shape index (κ3) is 3.61. The maximum absolute atomic E-state index is 12.9. The minimum atomic E-state index is -0.328. The number of carbonyl (C=O) groups excluding carboxylic acids is 1. The summed E-state index contributed by atoms with van der Waals surface area (Å²) < 4.78 is 12.9. The van der Waals surface area contributed by atoms with Crippen molar-refractivity contribution in [2.45, 2.75) is 13.3 Å². The fraction of sp³-hybridized carbons (Fsp3) is 0.200. The highest BCUT2D eigenvalue weighted by Gasteiger charge is 2.08. The molecule has 0 bridgehead atoms. The molecule has 0 unspecified atom stereocenters. The fourth-order valence-corrected chi connectivity index (χ4v) is 1.85. The maximum atomic E-state index is 12.9. The van der Waals surface area contributed by atoms with Gasteiger partial charge < -0.3 is 5.32 Å². The lowest BCUT2D eigenvalue weighted by atomic mass is 10.1. The zero-order valence-corrected chi connectivity index (χ0v) is 10.7. The SMILES string of the molecule is Cc1cc(F)ccc1C(=O)NCCc1ccncc1. The Balaban J connectivity index is 1.91. The second-order valence-electron chi connectivity index (χ2n) is 4.32. The average molecular weight is 258 g/mol. The van der Waals surface area contributed by atoms with Gasteiger partial charge in [-0.05, 0) is 54.8 Å². The summed E-state index contributed by atoms with van der Waals surface area (Å²) in [7, 11) is 0. The number of hydrogen-bond acceptors (Lipinski definition) is 2. The number of benzene rings is 1. The van der Waals surface area contributed by atoms with E-state index in [2.05, 4.69) is 10.3 Å². The molecule has 1 heterocycles. The maximum Gasteiger partial charge on any atom is 0.251 e. The standard InChI is InChI=1S/C15H15FN2O/c1-11-10-13(16)2-3-14(11)15(19)18-9-6-12-4-7-17-8-5-12/h2-5,7-8,10H,6,9H2,1H3,(H,18,19). The first-order chi connectivity index (χ1) is 9.16. The molecule has 0 aliphatic carbocycles. The number of halogens is 1. The van der Waals surface area contributed by atoms with Crippen LogP contribution in [0.25, 0.3) is 0 Å². The highest BCUT2D eigenvalue weighted by molar-refractivity contribution is 5.95. The van der Waals surface area contributed by atoms with Gasteiger partial charge in [-0.15, -0.1) is 0 Å². The molecule has 1 aromatic carbocycles. The molecule has 1 N–H and O–H groups in total. The van der Waals surface area contributed by atoms with Crippen molar-refractivity contribution in [1.29, 1.82) is 0 Å². The van der Waals surface area contributed by atoms with Crippen molar-refractivity contribution in [2.75, 3.05) is 6.54 Å². The van der Waals surface area contributed by atoms with E-state index in [9.17, 15) is 9.18 Å². The van der Waals surface area contributed by atoms with E-state index in [1.165, 1.54) is 18.2 Å². The van der Waals surface area contributed by atoms with E-state index in [1.807, 2.05) is 12.1 Å². The third-order valence-electron chi connectivity index (χ3n) is 2.88. The van der Waals surface area contributed by atoms with Gasteiger partial charge in [-0.3, -0.25) is 9.78 Å². The lowest BCUT2D eigenvalue weighted by molar-refractivity contribution is 0.0953. The van der Waals surface area contributed by atoms with Crippen LogP contribution in [0.15, 0.2) is 42.7 Å². The Morgan fingerprint density at radius 1 is 1.26 bits per heavy atom. The van der Waals surface area contributed by atoms with Crippen molar-refractivity contribution in [3.63, 3.8) is 0 Å². The molecule has 0 aliphatic heterocycles. The van der Waals surface area contributed by atoms with Crippen molar-refractivity contribution in [2.24, 2.45) is 0 Å². The van der Waals surface area contributed by atoms with Gasteiger partial charge in [0.15, 0.2) is 0 Å². The number of amides is 1. The average Bonchev–Trinajstić information content (AvgIpc) is 2.39. The van der Waals surface area contributed by atoms with Crippen LogP contribution >= 0.6 is 0 Å². The molecule has 98 valence electrons. The van der Waals surface area contributed by atoms with Crippen LogP contribution in [-0.4, -0.2) is 17.4 Å². The Morgan fingerprint density at radius 3 is 2.68 bits per heavy atom. The van der Waals surface area contributed by atoms with Crippen LogP contribution in [0.4, 0.5) is 4.39 Å². The number of aryl methyl sites for hydroxylation is 1. The molecule has 1 aromatic heterocycles. The fourth-order valence-electron chi connectivity index (χ4n) is 1.85. The number of nitrogens with zero attached hydrogens (tertiary/aromatic N) is 1. The van der Waals surface area contributed by atoms with Crippen molar-refractivity contribution in [1.82, 2.24) is 10.3 Å². The first-order valence-electron chi connectivity index (χ1n) is 6.10. The van der Waals surface area contributed by atoms with Crippen LogP contribution in [0.2, 0.25) is 0 Å². The van der Waals surface area contributed by atoms with Crippen molar-refractivity contribution < 1.29 is 9.18 Å². The smallest absolute Gasteiger partial charge is 0.251 e. The molecule has 1 amide bonds. The molecule has 0 saturated heterocycles. The molecule has 19 heavy (non-hydrogen) atoms. The molecule has 0 radical (unpaired) electrons. The van der Waals surface area contributed by atoms with E-state index in [1.54, 1.807) is 19.3 Å². The van der Waals surface area contributed by atoms with Crippen molar-refractivity contribution >= 4 is 5.91 Å². The Hall–Kier alpha value is -2.23. The summed E-state index contributed by atoms with van der Waals surface area (Å²) in [4.78, 5) is 15.9. The lowest BCUT2D eigenvalue weighted by Gasteiger charge is -2.07. The molecule has 0 aliphatic rings. The van der Waals surface area contributed by atoms with Crippen LogP contribution in [0, 0.1) is 12.7 Å². The summed E-state index contributed by atoms with van der Waals surface area (Å²) >= 11 is 0. The molecule has 0 spiro atoms. The number of carbonyl (C=O) groups is 1. The summed E-state index contributed by atoms with van der Waals surface area (Å²) in [6, 6.07) is 7.99. The minimum Gasteiger partial charge on any atom is -0.352 e. The largest absolute Gasteiger partial charge is 0.352 e. The zero-order valence-electron chi connectivity index (χ0n) is 10.7. The third-order valence-corrected chi connectivity index (χ3v) is 2.88. The van der Waals surface area contributed by atoms with Gasteiger partial charge in [0.1, 0.15) is 5.82 Å². The van der Waals surface area contributed by atoms with Crippen LogP contribution in [0.1, 0.15) is 21.5 Å². The monoisotopic (exact) mass is 258 g/mol.